The van der Waals surface area contributed by atoms with Crippen molar-refractivity contribution in [1.29, 1.82) is 0 Å². The van der Waals surface area contributed by atoms with Crippen LogP contribution in [0.1, 0.15) is 25.3 Å². The van der Waals surface area contributed by atoms with Crippen LogP contribution >= 0.6 is 0 Å². The zero-order chi connectivity index (χ0) is 16.1. The van der Waals surface area contributed by atoms with Crippen LogP contribution in [-0.2, 0) is 4.74 Å². The molecule has 1 amide bonds. The monoisotopic (exact) mass is 305 g/mol. The molecule has 2 atom stereocenters. The Bertz CT molecular complexity index is 556. The topological polar surface area (TPSA) is 59.0 Å². The first-order chi connectivity index (χ1) is 10.7. The summed E-state index contributed by atoms with van der Waals surface area (Å²) < 4.78 is 10.2. The fourth-order valence-electron chi connectivity index (χ4n) is 2.89. The maximum absolute atomic E-state index is 12.3. The summed E-state index contributed by atoms with van der Waals surface area (Å²) in [6.07, 6.45) is 5.29. The lowest BCUT2D eigenvalue weighted by Crippen LogP contribution is -2.46. The highest BCUT2D eigenvalue weighted by molar-refractivity contribution is 5.93. The van der Waals surface area contributed by atoms with Crippen molar-refractivity contribution in [2.75, 3.05) is 25.7 Å². The summed E-state index contributed by atoms with van der Waals surface area (Å²) in [5.74, 6) is 0.717. The van der Waals surface area contributed by atoms with Crippen LogP contribution in [0, 0.1) is 5.92 Å². The van der Waals surface area contributed by atoms with E-state index in [-0.39, 0.29) is 18.6 Å². The van der Waals surface area contributed by atoms with Gasteiger partial charge >= 0.3 is 6.09 Å². The fourth-order valence-corrected chi connectivity index (χ4v) is 2.89. The van der Waals surface area contributed by atoms with Crippen LogP contribution in [0.5, 0.6) is 5.75 Å². The number of carbonyl (C=O) groups excluding carboxylic acids is 1. The molecular formula is C17H23NO4. The Kier molecular flexibility index (Phi) is 5.44. The van der Waals surface area contributed by atoms with Gasteiger partial charge in [0.2, 0.25) is 0 Å². The van der Waals surface area contributed by atoms with E-state index in [4.69, 9.17) is 9.47 Å². The van der Waals surface area contributed by atoms with E-state index in [2.05, 4.69) is 6.92 Å². The second-order valence-corrected chi connectivity index (χ2v) is 5.35. The number of ether oxygens (including phenoxy) is 2. The maximum atomic E-state index is 12.3. The zero-order valence-corrected chi connectivity index (χ0v) is 13.3. The van der Waals surface area contributed by atoms with E-state index in [1.54, 1.807) is 12.0 Å². The Labute approximate surface area is 131 Å². The van der Waals surface area contributed by atoms with Gasteiger partial charge in [0.25, 0.3) is 0 Å². The Morgan fingerprint density at radius 3 is 2.77 bits per heavy atom. The van der Waals surface area contributed by atoms with Crippen molar-refractivity contribution in [1.82, 2.24) is 0 Å². The normalized spacial score (nSPS) is 17.8. The first-order valence-electron chi connectivity index (χ1n) is 7.50. The molecule has 1 heterocycles. The van der Waals surface area contributed by atoms with Gasteiger partial charge in [0, 0.05) is 18.1 Å². The molecule has 2 rings (SSSR count). The van der Waals surface area contributed by atoms with E-state index < -0.39 is 6.09 Å². The molecule has 0 aromatic heterocycles. The lowest BCUT2D eigenvalue weighted by Gasteiger charge is -2.37. The third-order valence-electron chi connectivity index (χ3n) is 4.01. The number of aliphatic hydroxyl groups is 1. The van der Waals surface area contributed by atoms with Crippen LogP contribution in [0.2, 0.25) is 0 Å². The van der Waals surface area contributed by atoms with Crippen molar-refractivity contribution in [3.05, 3.63) is 29.8 Å². The number of amides is 1. The summed E-state index contributed by atoms with van der Waals surface area (Å²) in [6, 6.07) is 5.34. The number of hydrogen-bond acceptors (Lipinski definition) is 4. The average molecular weight is 305 g/mol. The second-order valence-electron chi connectivity index (χ2n) is 5.35. The van der Waals surface area contributed by atoms with Gasteiger partial charge in [-0.3, -0.25) is 4.90 Å². The summed E-state index contributed by atoms with van der Waals surface area (Å²) in [5, 5.41) is 9.68. The van der Waals surface area contributed by atoms with Gasteiger partial charge in [-0.05, 0) is 24.6 Å². The fraction of sp³-hybridized carbons (Fsp3) is 0.471. The SMILES string of the molecule is CCC[C@@H](CO)[C@H]1C=Cc2cc(OC)ccc2N1C(=O)OC. The third-order valence-corrected chi connectivity index (χ3v) is 4.01. The van der Waals surface area contributed by atoms with Crippen molar-refractivity contribution in [3.63, 3.8) is 0 Å². The summed E-state index contributed by atoms with van der Waals surface area (Å²) >= 11 is 0. The lowest BCUT2D eigenvalue weighted by molar-refractivity contribution is 0.165. The highest BCUT2D eigenvalue weighted by Gasteiger charge is 2.33. The molecule has 0 saturated carbocycles. The van der Waals surface area contributed by atoms with E-state index in [0.29, 0.717) is 0 Å². The molecule has 1 aromatic carbocycles. The van der Waals surface area contributed by atoms with E-state index in [1.165, 1.54) is 7.11 Å². The molecule has 1 aliphatic heterocycles. The number of carbonyl (C=O) groups is 1. The lowest BCUT2D eigenvalue weighted by atomic mass is 9.90. The zero-order valence-electron chi connectivity index (χ0n) is 13.3. The van der Waals surface area contributed by atoms with Gasteiger partial charge in [-0.25, -0.2) is 4.79 Å². The van der Waals surface area contributed by atoms with Crippen molar-refractivity contribution >= 4 is 17.9 Å². The van der Waals surface area contributed by atoms with Crippen LogP contribution in [0.25, 0.3) is 6.08 Å². The highest BCUT2D eigenvalue weighted by Crippen LogP contribution is 2.35. The van der Waals surface area contributed by atoms with E-state index >= 15 is 0 Å². The van der Waals surface area contributed by atoms with Gasteiger partial charge in [0.05, 0.1) is 25.9 Å². The summed E-state index contributed by atoms with van der Waals surface area (Å²) in [7, 11) is 2.98. The van der Waals surface area contributed by atoms with Crippen molar-refractivity contribution in [2.45, 2.75) is 25.8 Å². The quantitative estimate of drug-likeness (QED) is 0.908. The van der Waals surface area contributed by atoms with Crippen LogP contribution in [-0.4, -0.2) is 38.1 Å². The van der Waals surface area contributed by atoms with Gasteiger partial charge in [-0.15, -0.1) is 0 Å². The molecule has 0 spiro atoms. The van der Waals surface area contributed by atoms with Crippen LogP contribution < -0.4 is 9.64 Å². The number of nitrogens with zero attached hydrogens (tertiary/aromatic N) is 1. The smallest absolute Gasteiger partial charge is 0.414 e. The van der Waals surface area contributed by atoms with Crippen LogP contribution in [0.15, 0.2) is 24.3 Å². The Morgan fingerprint density at radius 2 is 2.18 bits per heavy atom. The third kappa shape index (κ3) is 3.09. The van der Waals surface area contributed by atoms with Gasteiger partial charge in [-0.2, -0.15) is 0 Å². The second kappa shape index (κ2) is 7.31. The minimum Gasteiger partial charge on any atom is -0.497 e. The largest absolute Gasteiger partial charge is 0.497 e. The van der Waals surface area contributed by atoms with Gasteiger partial charge in [0.15, 0.2) is 0 Å². The van der Waals surface area contributed by atoms with Crippen molar-refractivity contribution in [3.8, 4) is 5.75 Å². The number of anilines is 1. The van der Waals surface area contributed by atoms with Gasteiger partial charge in [0.1, 0.15) is 5.75 Å². The maximum Gasteiger partial charge on any atom is 0.414 e. The summed E-state index contributed by atoms with van der Waals surface area (Å²) in [6.45, 7) is 2.10. The highest BCUT2D eigenvalue weighted by atomic mass is 16.5. The summed E-state index contributed by atoms with van der Waals surface area (Å²) in [5.41, 5.74) is 1.67. The number of benzene rings is 1. The molecule has 0 radical (unpaired) electrons. The molecular weight excluding hydrogens is 282 g/mol. The van der Waals surface area contributed by atoms with Crippen molar-refractivity contribution in [2.24, 2.45) is 5.92 Å². The van der Waals surface area contributed by atoms with Crippen molar-refractivity contribution < 1.29 is 19.4 Å². The molecule has 1 aliphatic rings. The van der Waals surface area contributed by atoms with E-state index in [0.717, 1.165) is 29.8 Å². The van der Waals surface area contributed by atoms with Gasteiger partial charge < -0.3 is 14.6 Å². The Hall–Kier alpha value is -2.01. The first-order valence-corrected chi connectivity index (χ1v) is 7.50. The van der Waals surface area contributed by atoms with Gasteiger partial charge in [-0.1, -0.05) is 25.5 Å². The Balaban J connectivity index is 2.44. The molecule has 1 aromatic rings. The Morgan fingerprint density at radius 1 is 1.41 bits per heavy atom. The molecule has 0 fully saturated rings. The van der Waals surface area contributed by atoms with Crippen LogP contribution in [0.4, 0.5) is 10.5 Å². The number of hydrogen-bond donors (Lipinski definition) is 1. The number of rotatable bonds is 5. The number of aliphatic hydroxyl groups excluding tert-OH is 1. The standard InChI is InChI=1S/C17H23NO4/c1-4-5-13(11-19)16-8-6-12-10-14(21-2)7-9-15(12)18(16)17(20)22-3/h6-10,13,16,19H,4-5,11H2,1-3H3/t13-,16+/m0/s1. The molecule has 0 saturated heterocycles. The number of fused-ring (bicyclic) bond motifs is 1. The molecule has 0 aliphatic carbocycles. The van der Waals surface area contributed by atoms with Crippen LogP contribution in [0.3, 0.4) is 0 Å². The molecule has 0 unspecified atom stereocenters. The molecule has 1 N–H and O–H groups in total. The average Bonchev–Trinajstić information content (AvgIpc) is 2.57. The predicted molar refractivity (Wildman–Crippen MR) is 86.2 cm³/mol. The minimum atomic E-state index is -0.421. The van der Waals surface area contributed by atoms with E-state index in [9.17, 15) is 9.90 Å². The molecule has 5 nitrogen and oxygen atoms in total. The molecule has 22 heavy (non-hydrogen) atoms. The van der Waals surface area contributed by atoms with E-state index in [1.807, 2.05) is 30.4 Å². The predicted octanol–water partition coefficient (Wildman–Crippen LogP) is 3.07. The first kappa shape index (κ1) is 16.4. The minimum absolute atomic E-state index is 0.0180. The molecule has 120 valence electrons. The molecule has 0 bridgehead atoms. The summed E-state index contributed by atoms with van der Waals surface area (Å²) in [4.78, 5) is 13.9. The number of methoxy groups -OCH3 is 2. The molecule has 5 heteroatoms.